The fourth-order valence-electron chi connectivity index (χ4n) is 3.83. The first kappa shape index (κ1) is 24.2. The number of H-pyrrole nitrogens is 1. The van der Waals surface area contributed by atoms with Gasteiger partial charge in [-0.3, -0.25) is 0 Å². The van der Waals surface area contributed by atoms with E-state index in [0.717, 1.165) is 46.1 Å². The molecule has 0 aliphatic heterocycles. The summed E-state index contributed by atoms with van der Waals surface area (Å²) in [6, 6.07) is 17.7. The lowest BCUT2D eigenvalue weighted by atomic mass is 9.84. The van der Waals surface area contributed by atoms with Crippen molar-refractivity contribution in [3.05, 3.63) is 65.7 Å². The molecule has 0 bridgehead atoms. The molecule has 1 heterocycles. The fourth-order valence-corrected chi connectivity index (χ4v) is 3.83. The number of methoxy groups -OCH3 is 1. The van der Waals surface area contributed by atoms with Crippen LogP contribution in [0.1, 0.15) is 44.4 Å². The van der Waals surface area contributed by atoms with Crippen LogP contribution in [-0.4, -0.2) is 29.9 Å². The SMILES string of the molecule is COc1ccc(CCCO)cc1-c1ccc(Nc2cccc(C(OC(N)=O)C(C)(C)C)c2)[nH]1. The molecule has 7 nitrogen and oxygen atoms in total. The van der Waals surface area contributed by atoms with E-state index in [9.17, 15) is 4.79 Å². The van der Waals surface area contributed by atoms with E-state index in [1.54, 1.807) is 7.11 Å². The molecule has 33 heavy (non-hydrogen) atoms. The lowest BCUT2D eigenvalue weighted by Gasteiger charge is -2.30. The predicted molar refractivity (Wildman–Crippen MR) is 131 cm³/mol. The van der Waals surface area contributed by atoms with E-state index in [2.05, 4.69) is 16.4 Å². The molecule has 0 saturated heterocycles. The van der Waals surface area contributed by atoms with Gasteiger partial charge in [-0.2, -0.15) is 0 Å². The van der Waals surface area contributed by atoms with Crippen LogP contribution < -0.4 is 15.8 Å². The van der Waals surface area contributed by atoms with Gasteiger partial charge in [0.05, 0.1) is 12.8 Å². The van der Waals surface area contributed by atoms with Crippen molar-refractivity contribution < 1.29 is 19.4 Å². The zero-order chi connectivity index (χ0) is 24.0. The first-order valence-corrected chi connectivity index (χ1v) is 11.0. The van der Waals surface area contributed by atoms with Crippen molar-refractivity contribution >= 4 is 17.6 Å². The first-order valence-electron chi connectivity index (χ1n) is 11.0. The summed E-state index contributed by atoms with van der Waals surface area (Å²) in [5.41, 5.74) is 9.71. The standard InChI is InChI=1S/C26H33N3O4/c1-26(2,3)24(33-25(27)31)18-8-5-9-19(16-18)28-23-13-11-21(29-23)20-15-17(7-6-14-30)10-12-22(20)32-4/h5,8-13,15-16,24,28-30H,6-7,14H2,1-4H3,(H2,27,31). The highest BCUT2D eigenvalue weighted by Gasteiger charge is 2.29. The van der Waals surface area contributed by atoms with Crippen molar-refractivity contribution in [3.8, 4) is 17.0 Å². The molecule has 0 saturated carbocycles. The molecular formula is C26H33N3O4. The van der Waals surface area contributed by atoms with E-state index in [1.165, 1.54) is 0 Å². The number of aliphatic hydroxyl groups excluding tert-OH is 1. The largest absolute Gasteiger partial charge is 0.496 e. The number of rotatable bonds is 9. The van der Waals surface area contributed by atoms with Crippen molar-refractivity contribution in [1.29, 1.82) is 0 Å². The topological polar surface area (TPSA) is 110 Å². The van der Waals surface area contributed by atoms with Gasteiger partial charge in [0, 0.05) is 23.3 Å². The van der Waals surface area contributed by atoms with E-state index in [-0.39, 0.29) is 12.0 Å². The van der Waals surface area contributed by atoms with Crippen LogP contribution in [0.25, 0.3) is 11.3 Å². The van der Waals surface area contributed by atoms with Gasteiger partial charge in [0.15, 0.2) is 0 Å². The quantitative estimate of drug-likeness (QED) is 0.341. The minimum Gasteiger partial charge on any atom is -0.496 e. The lowest BCUT2D eigenvalue weighted by Crippen LogP contribution is -2.27. The number of benzene rings is 2. The number of nitrogens with two attached hydrogens (primary N) is 1. The first-order chi connectivity index (χ1) is 15.7. The van der Waals surface area contributed by atoms with Crippen molar-refractivity contribution in [2.75, 3.05) is 19.0 Å². The second kappa shape index (κ2) is 10.4. The normalized spacial score (nSPS) is 12.3. The minimum atomic E-state index is -0.794. The Hall–Kier alpha value is -3.45. The molecule has 3 rings (SSSR count). The maximum Gasteiger partial charge on any atom is 0.405 e. The molecule has 3 aromatic rings. The summed E-state index contributed by atoms with van der Waals surface area (Å²) >= 11 is 0. The lowest BCUT2D eigenvalue weighted by molar-refractivity contribution is 0.0360. The second-order valence-electron chi connectivity index (χ2n) is 9.08. The van der Waals surface area contributed by atoms with Gasteiger partial charge in [0.2, 0.25) is 0 Å². The van der Waals surface area contributed by atoms with Gasteiger partial charge < -0.3 is 30.6 Å². The maximum absolute atomic E-state index is 11.4. The Morgan fingerprint density at radius 2 is 1.94 bits per heavy atom. The highest BCUT2D eigenvalue weighted by atomic mass is 16.6. The predicted octanol–water partition coefficient (Wildman–Crippen LogP) is 5.54. The number of aromatic nitrogens is 1. The smallest absolute Gasteiger partial charge is 0.405 e. The average molecular weight is 452 g/mol. The van der Waals surface area contributed by atoms with Crippen molar-refractivity contribution in [2.24, 2.45) is 11.1 Å². The van der Waals surface area contributed by atoms with Crippen LogP contribution in [0.5, 0.6) is 5.75 Å². The zero-order valence-corrected chi connectivity index (χ0v) is 19.6. The third-order valence-corrected chi connectivity index (χ3v) is 5.35. The van der Waals surface area contributed by atoms with Crippen molar-refractivity contribution in [2.45, 2.75) is 39.7 Å². The fraction of sp³-hybridized carbons (Fsp3) is 0.346. The van der Waals surface area contributed by atoms with Gasteiger partial charge in [0.1, 0.15) is 17.7 Å². The summed E-state index contributed by atoms with van der Waals surface area (Å²) in [4.78, 5) is 14.8. The number of hydrogen-bond donors (Lipinski definition) is 4. The molecular weight excluding hydrogens is 418 g/mol. The van der Waals surface area contributed by atoms with Crippen LogP contribution in [0, 0.1) is 5.41 Å². The van der Waals surface area contributed by atoms with Crippen LogP contribution >= 0.6 is 0 Å². The summed E-state index contributed by atoms with van der Waals surface area (Å²) in [6.07, 6.45) is 0.252. The number of primary amides is 1. The molecule has 0 aliphatic carbocycles. The summed E-state index contributed by atoms with van der Waals surface area (Å²) in [7, 11) is 1.65. The van der Waals surface area contributed by atoms with Gasteiger partial charge in [-0.15, -0.1) is 0 Å². The monoisotopic (exact) mass is 451 g/mol. The molecule has 0 fully saturated rings. The molecule has 5 N–H and O–H groups in total. The molecule has 176 valence electrons. The van der Waals surface area contributed by atoms with E-state index < -0.39 is 12.2 Å². The van der Waals surface area contributed by atoms with Crippen LogP contribution in [0.4, 0.5) is 16.3 Å². The van der Waals surface area contributed by atoms with E-state index in [0.29, 0.717) is 6.42 Å². The number of carbonyl (C=O) groups excluding carboxylic acids is 1. The molecule has 2 aromatic carbocycles. The number of aromatic amines is 1. The van der Waals surface area contributed by atoms with E-state index in [1.807, 2.05) is 69.3 Å². The Balaban J connectivity index is 1.84. The Morgan fingerprint density at radius 1 is 1.15 bits per heavy atom. The highest BCUT2D eigenvalue weighted by molar-refractivity contribution is 5.72. The van der Waals surface area contributed by atoms with Crippen molar-refractivity contribution in [1.82, 2.24) is 4.98 Å². The Bertz CT molecular complexity index is 1090. The highest BCUT2D eigenvalue weighted by Crippen LogP contribution is 2.37. The van der Waals surface area contributed by atoms with Gasteiger partial charge >= 0.3 is 6.09 Å². The van der Waals surface area contributed by atoms with Crippen LogP contribution in [-0.2, 0) is 11.2 Å². The van der Waals surface area contributed by atoms with Gasteiger partial charge in [0.25, 0.3) is 0 Å². The number of aryl methyl sites for hydroxylation is 1. The summed E-state index contributed by atoms with van der Waals surface area (Å²) < 4.78 is 11.0. The number of amides is 1. The number of carbonyl (C=O) groups is 1. The van der Waals surface area contributed by atoms with Gasteiger partial charge in [-0.1, -0.05) is 39.0 Å². The molecule has 1 aromatic heterocycles. The number of aliphatic hydroxyl groups is 1. The third-order valence-electron chi connectivity index (χ3n) is 5.35. The summed E-state index contributed by atoms with van der Waals surface area (Å²) in [5.74, 6) is 1.59. The molecule has 1 atom stereocenters. The number of nitrogens with one attached hydrogen (secondary N) is 2. The maximum atomic E-state index is 11.4. The minimum absolute atomic E-state index is 0.164. The Kier molecular flexibility index (Phi) is 7.66. The molecule has 1 amide bonds. The van der Waals surface area contributed by atoms with E-state index in [4.69, 9.17) is 20.3 Å². The zero-order valence-electron chi connectivity index (χ0n) is 19.6. The van der Waals surface area contributed by atoms with Crippen LogP contribution in [0.3, 0.4) is 0 Å². The number of ether oxygens (including phenoxy) is 2. The number of anilines is 2. The second-order valence-corrected chi connectivity index (χ2v) is 9.08. The molecule has 0 aliphatic rings. The summed E-state index contributed by atoms with van der Waals surface area (Å²) in [6.45, 7) is 6.16. The Labute approximate surface area is 194 Å². The van der Waals surface area contributed by atoms with E-state index >= 15 is 0 Å². The molecule has 0 spiro atoms. The summed E-state index contributed by atoms with van der Waals surface area (Å²) in [5, 5.41) is 12.5. The average Bonchev–Trinajstić information content (AvgIpc) is 3.23. The molecule has 0 radical (unpaired) electrons. The van der Waals surface area contributed by atoms with Gasteiger partial charge in [-0.25, -0.2) is 4.79 Å². The molecule has 1 unspecified atom stereocenters. The van der Waals surface area contributed by atoms with Crippen LogP contribution in [0.2, 0.25) is 0 Å². The molecule has 7 heteroatoms. The Morgan fingerprint density at radius 3 is 2.61 bits per heavy atom. The van der Waals surface area contributed by atoms with Crippen LogP contribution in [0.15, 0.2) is 54.6 Å². The van der Waals surface area contributed by atoms with Gasteiger partial charge in [-0.05, 0) is 60.4 Å². The third kappa shape index (κ3) is 6.29. The number of hydrogen-bond acceptors (Lipinski definition) is 5. The van der Waals surface area contributed by atoms with Crippen molar-refractivity contribution in [3.63, 3.8) is 0 Å².